The molecule has 0 amide bonds. The maximum Gasteiger partial charge on any atom is 0.129 e. The minimum absolute atomic E-state index is 0.395. The standard InChI is InChI=1S/C9H7Cl2N3/c10-5-14-4-8(13-6-14)7-1-2-12-9(11)3-7/h1-4,6H,5H2. The van der Waals surface area contributed by atoms with Gasteiger partial charge < -0.3 is 4.57 Å². The van der Waals surface area contributed by atoms with E-state index < -0.39 is 0 Å². The quantitative estimate of drug-likeness (QED) is 0.584. The van der Waals surface area contributed by atoms with Crippen LogP contribution in [0.4, 0.5) is 0 Å². The summed E-state index contributed by atoms with van der Waals surface area (Å²) < 4.78 is 1.78. The molecule has 0 unspecified atom stereocenters. The Morgan fingerprint density at radius 2 is 2.21 bits per heavy atom. The van der Waals surface area contributed by atoms with Gasteiger partial charge in [0.2, 0.25) is 0 Å². The maximum absolute atomic E-state index is 5.76. The number of pyridine rings is 1. The number of rotatable bonds is 2. The van der Waals surface area contributed by atoms with Crippen molar-refractivity contribution in [2.75, 3.05) is 0 Å². The first-order chi connectivity index (χ1) is 6.79. The summed E-state index contributed by atoms with van der Waals surface area (Å²) in [6.45, 7) is 0. The zero-order chi connectivity index (χ0) is 9.97. The summed E-state index contributed by atoms with van der Waals surface area (Å²) in [6, 6.07) is 4.01. The molecule has 0 saturated carbocycles. The largest absolute Gasteiger partial charge is 0.323 e. The highest BCUT2D eigenvalue weighted by molar-refractivity contribution is 6.29. The van der Waals surface area contributed by atoms with Gasteiger partial charge in [0.05, 0.1) is 18.0 Å². The Morgan fingerprint density at radius 1 is 1.36 bits per heavy atom. The fraction of sp³-hybridized carbons (Fsp3) is 0.111. The van der Waals surface area contributed by atoms with E-state index >= 15 is 0 Å². The van der Waals surface area contributed by atoms with E-state index in [1.165, 1.54) is 0 Å². The second kappa shape index (κ2) is 3.98. The van der Waals surface area contributed by atoms with Crippen molar-refractivity contribution in [3.8, 4) is 11.3 Å². The molecular weight excluding hydrogens is 221 g/mol. The molecule has 0 fully saturated rings. The molecule has 0 aliphatic heterocycles. The zero-order valence-corrected chi connectivity index (χ0v) is 8.70. The van der Waals surface area contributed by atoms with Gasteiger partial charge in [0.25, 0.3) is 0 Å². The molecule has 0 aliphatic rings. The molecule has 0 radical (unpaired) electrons. The Balaban J connectivity index is 2.39. The molecular formula is C9H7Cl2N3. The van der Waals surface area contributed by atoms with Crippen molar-refractivity contribution in [1.82, 2.24) is 14.5 Å². The Kier molecular flexibility index (Phi) is 2.70. The lowest BCUT2D eigenvalue weighted by Gasteiger charge is -1.95. The minimum atomic E-state index is 0.395. The summed E-state index contributed by atoms with van der Waals surface area (Å²) >= 11 is 11.4. The van der Waals surface area contributed by atoms with Crippen molar-refractivity contribution in [3.63, 3.8) is 0 Å². The second-order valence-electron chi connectivity index (χ2n) is 2.76. The molecule has 0 saturated heterocycles. The predicted molar refractivity (Wildman–Crippen MR) is 56.3 cm³/mol. The van der Waals surface area contributed by atoms with Gasteiger partial charge >= 0.3 is 0 Å². The molecule has 2 rings (SSSR count). The third-order valence-corrected chi connectivity index (χ3v) is 2.28. The molecule has 0 spiro atoms. The van der Waals surface area contributed by atoms with Gasteiger partial charge in [-0.3, -0.25) is 0 Å². The van der Waals surface area contributed by atoms with Crippen LogP contribution in [-0.2, 0) is 6.00 Å². The summed E-state index contributed by atoms with van der Waals surface area (Å²) in [4.78, 5) is 8.09. The zero-order valence-electron chi connectivity index (χ0n) is 7.19. The normalized spacial score (nSPS) is 10.4. The monoisotopic (exact) mass is 227 g/mol. The number of hydrogen-bond donors (Lipinski definition) is 0. The summed E-state index contributed by atoms with van der Waals surface area (Å²) in [5, 5.41) is 0.461. The van der Waals surface area contributed by atoms with Crippen LogP contribution in [0.25, 0.3) is 11.3 Å². The van der Waals surface area contributed by atoms with Crippen molar-refractivity contribution in [2.45, 2.75) is 6.00 Å². The summed E-state index contributed by atoms with van der Waals surface area (Å²) in [7, 11) is 0. The van der Waals surface area contributed by atoms with Gasteiger partial charge in [0.1, 0.15) is 5.15 Å². The number of hydrogen-bond acceptors (Lipinski definition) is 2. The number of alkyl halides is 1. The van der Waals surface area contributed by atoms with Gasteiger partial charge in [-0.1, -0.05) is 11.6 Å². The van der Waals surface area contributed by atoms with Crippen LogP contribution in [0.3, 0.4) is 0 Å². The average molecular weight is 228 g/mol. The third kappa shape index (κ3) is 1.89. The molecule has 3 nitrogen and oxygen atoms in total. The highest BCUT2D eigenvalue weighted by Gasteiger charge is 2.02. The van der Waals surface area contributed by atoms with Crippen LogP contribution in [0.2, 0.25) is 5.15 Å². The van der Waals surface area contributed by atoms with Crippen molar-refractivity contribution >= 4 is 23.2 Å². The van der Waals surface area contributed by atoms with Crippen molar-refractivity contribution in [2.24, 2.45) is 0 Å². The fourth-order valence-electron chi connectivity index (χ4n) is 1.14. The van der Waals surface area contributed by atoms with E-state index in [0.29, 0.717) is 11.2 Å². The predicted octanol–water partition coefficient (Wildman–Crippen LogP) is 2.79. The van der Waals surface area contributed by atoms with E-state index in [4.69, 9.17) is 23.2 Å². The molecule has 0 atom stereocenters. The molecule has 2 heterocycles. The summed E-state index contributed by atoms with van der Waals surface area (Å²) in [5.41, 5.74) is 1.78. The van der Waals surface area contributed by atoms with Crippen molar-refractivity contribution in [3.05, 3.63) is 36.0 Å². The lowest BCUT2D eigenvalue weighted by molar-refractivity contribution is 0.881. The summed E-state index contributed by atoms with van der Waals surface area (Å²) in [6.07, 6.45) is 5.19. The van der Waals surface area contributed by atoms with Gasteiger partial charge in [-0.25, -0.2) is 9.97 Å². The van der Waals surface area contributed by atoms with E-state index in [1.807, 2.05) is 12.3 Å². The SMILES string of the molecule is ClCn1cnc(-c2ccnc(Cl)c2)c1. The molecule has 2 aromatic heterocycles. The maximum atomic E-state index is 5.76. The van der Waals surface area contributed by atoms with Crippen molar-refractivity contribution < 1.29 is 0 Å². The first kappa shape index (κ1) is 9.49. The fourth-order valence-corrected chi connectivity index (χ4v) is 1.44. The molecule has 0 aliphatic carbocycles. The molecule has 72 valence electrons. The Labute approximate surface area is 91.3 Å². The van der Waals surface area contributed by atoms with Crippen LogP contribution in [-0.4, -0.2) is 14.5 Å². The van der Waals surface area contributed by atoms with Gasteiger partial charge in [-0.05, 0) is 12.1 Å². The highest BCUT2D eigenvalue weighted by Crippen LogP contribution is 2.19. The van der Waals surface area contributed by atoms with Gasteiger partial charge in [0.15, 0.2) is 0 Å². The number of halogens is 2. The van der Waals surface area contributed by atoms with Crippen LogP contribution in [0.15, 0.2) is 30.9 Å². The molecule has 14 heavy (non-hydrogen) atoms. The Morgan fingerprint density at radius 3 is 2.86 bits per heavy atom. The second-order valence-corrected chi connectivity index (χ2v) is 3.39. The molecule has 0 bridgehead atoms. The number of aromatic nitrogens is 3. The topological polar surface area (TPSA) is 30.7 Å². The van der Waals surface area contributed by atoms with Crippen LogP contribution >= 0.6 is 23.2 Å². The lowest BCUT2D eigenvalue weighted by Crippen LogP contribution is -1.84. The molecule has 0 aromatic carbocycles. The first-order valence-corrected chi connectivity index (χ1v) is 4.90. The smallest absolute Gasteiger partial charge is 0.129 e. The van der Waals surface area contributed by atoms with Crippen LogP contribution < -0.4 is 0 Å². The van der Waals surface area contributed by atoms with E-state index in [9.17, 15) is 0 Å². The third-order valence-electron chi connectivity index (χ3n) is 1.79. The van der Waals surface area contributed by atoms with E-state index in [2.05, 4.69) is 9.97 Å². The first-order valence-electron chi connectivity index (χ1n) is 3.99. The molecule has 5 heteroatoms. The van der Waals surface area contributed by atoms with Gasteiger partial charge in [-0.2, -0.15) is 0 Å². The highest BCUT2D eigenvalue weighted by atomic mass is 35.5. The van der Waals surface area contributed by atoms with E-state index in [1.54, 1.807) is 23.2 Å². The van der Waals surface area contributed by atoms with Crippen LogP contribution in [0, 0.1) is 0 Å². The van der Waals surface area contributed by atoms with Crippen molar-refractivity contribution in [1.29, 1.82) is 0 Å². The average Bonchev–Trinajstić information content (AvgIpc) is 2.66. The summed E-state index contributed by atoms with van der Waals surface area (Å²) in [5.74, 6) is 0. The Hall–Kier alpha value is -1.06. The van der Waals surface area contributed by atoms with E-state index in [-0.39, 0.29) is 0 Å². The molecule has 0 N–H and O–H groups in total. The van der Waals surface area contributed by atoms with E-state index in [0.717, 1.165) is 11.3 Å². The van der Waals surface area contributed by atoms with Gasteiger partial charge in [-0.15, -0.1) is 11.6 Å². The lowest BCUT2D eigenvalue weighted by atomic mass is 10.2. The van der Waals surface area contributed by atoms with Crippen LogP contribution in [0.1, 0.15) is 0 Å². The molecule has 2 aromatic rings. The van der Waals surface area contributed by atoms with Crippen LogP contribution in [0.5, 0.6) is 0 Å². The number of imidazole rings is 1. The minimum Gasteiger partial charge on any atom is -0.323 e. The van der Waals surface area contributed by atoms with Gasteiger partial charge in [0, 0.05) is 18.0 Å². The Bertz CT molecular complexity index is 439. The number of nitrogens with zero attached hydrogens (tertiary/aromatic N) is 3.